The maximum atomic E-state index is 4.94. The van der Waals surface area contributed by atoms with Crippen molar-refractivity contribution in [3.8, 4) is 0 Å². The van der Waals surface area contributed by atoms with Crippen LogP contribution in [-0.4, -0.2) is 161 Å². The van der Waals surface area contributed by atoms with Crippen molar-refractivity contribution in [2.24, 2.45) is 0 Å². The second kappa shape index (κ2) is 46.3. The van der Waals surface area contributed by atoms with E-state index in [4.69, 9.17) is 44.8 Å². The van der Waals surface area contributed by atoms with E-state index in [1.54, 1.807) is 0 Å². The predicted molar refractivity (Wildman–Crippen MR) is 493 cm³/mol. The van der Waals surface area contributed by atoms with Gasteiger partial charge < -0.3 is 14.2 Å². The van der Waals surface area contributed by atoms with Crippen LogP contribution in [0.5, 0.6) is 0 Å². The Kier molecular flexibility index (Phi) is 36.9. The Bertz CT molecular complexity index is 4590. The van der Waals surface area contributed by atoms with Gasteiger partial charge in [0.2, 0.25) is 0 Å². The van der Waals surface area contributed by atoms with Gasteiger partial charge in [-0.15, -0.1) is 0 Å². The summed E-state index contributed by atoms with van der Waals surface area (Å²) in [6.07, 6.45) is 7.67. The second-order valence-corrected chi connectivity index (χ2v) is 63.2. The molecule has 6 heterocycles. The number of hydrogen-bond donors (Lipinski definition) is 0. The van der Waals surface area contributed by atoms with Gasteiger partial charge in [0.25, 0.3) is 0 Å². The number of benzene rings is 12. The molecule has 3 aliphatic rings. The van der Waals surface area contributed by atoms with E-state index in [1.807, 2.05) is 72.8 Å². The molecule has 3 fully saturated rings. The average molecular weight is 2100 g/mol. The van der Waals surface area contributed by atoms with E-state index in [2.05, 4.69) is 397 Å². The Morgan fingerprint density at radius 2 is 0.319 bits per heavy atom. The van der Waals surface area contributed by atoms with Gasteiger partial charge >= 0.3 is 698 Å². The summed E-state index contributed by atoms with van der Waals surface area (Å²) in [5.41, 5.74) is -7.58. The molecule has 0 saturated carbocycles. The molecule has 3 saturated heterocycles. The first-order chi connectivity index (χ1) is 55.9. The molecule has 12 nitrogen and oxygen atoms in total. The summed E-state index contributed by atoms with van der Waals surface area (Å²) < 4.78 is 14.8. The molecule has 12 aromatic carbocycles. The van der Waals surface area contributed by atoms with Gasteiger partial charge in [0, 0.05) is 39.6 Å². The van der Waals surface area contributed by atoms with Gasteiger partial charge in [0.15, 0.2) is 0 Å². The molecule has 0 spiro atoms. The van der Waals surface area contributed by atoms with Crippen molar-refractivity contribution in [3.05, 3.63) is 364 Å². The fourth-order valence-corrected chi connectivity index (χ4v) is 47.4. The standard InChI is InChI=1S/3C26H20N3P2Se2.3C4H8O.K.Ni/c3*32-30(21-13-5-1-6-14-21,22-15-7-2-8-16-22)25-26(28-29-27-25)31(33,23-17-9-3-10-18-23)24-19-11-4-12-20-24;3*1-2-4-5-3-1;;/h3*1-20H;3*1-4H2;;/q3*-1;;;;+1;+2. The van der Waals surface area contributed by atoms with Crippen LogP contribution in [-0.2, 0) is 30.7 Å². The third kappa shape index (κ3) is 21.7. The minimum atomic E-state index is -2.21. The molecular formula is C90H84KN9NiO3P6Se6. The number of rotatable bonds is 18. The molecule has 26 heteroatoms. The van der Waals surface area contributed by atoms with Crippen LogP contribution < -0.4 is 163 Å². The predicted octanol–water partition coefficient (Wildman–Crippen LogP) is 5.96. The Morgan fingerprint density at radius 1 is 0.198 bits per heavy atom. The molecule has 0 N–H and O–H groups in total. The zero-order chi connectivity index (χ0) is 78.8. The van der Waals surface area contributed by atoms with Crippen LogP contribution in [0.15, 0.2) is 364 Å². The van der Waals surface area contributed by atoms with Gasteiger partial charge in [-0.2, -0.15) is 0 Å². The first kappa shape index (κ1) is 92.5. The first-order valence-corrected chi connectivity index (χ1v) is 61.6. The average Bonchev–Trinajstić information content (AvgIpc) is 1.54. The molecule has 15 aromatic rings. The Morgan fingerprint density at radius 3 is 0.431 bits per heavy atom. The van der Waals surface area contributed by atoms with E-state index in [9.17, 15) is 0 Å². The van der Waals surface area contributed by atoms with E-state index in [1.165, 1.54) is 102 Å². The SMILES string of the molecule is C1CCOC1.C1CCOC1.C1CCOC1.[K+].[Ni+2].[Se]=P(c1ccccc1)(c1ccccc1)c1nn[n-]c1P(=[Se])(c1ccccc1)c1ccccc1.[Se]=P(c1ccccc1)(c1ccccc1)c1nn[n-]c1P(=[Se])(c1ccccc1)c1ccccc1.[Se]=P(c1ccccc1)(c1ccccc1)c1nn[n-]c1P(=[Se])(c1ccccc1)c1ccccc1. The molecule has 0 unspecified atom stereocenters. The van der Waals surface area contributed by atoms with Crippen molar-refractivity contribution >= 4 is 220 Å². The number of aromatic nitrogens is 9. The zero-order valence-corrected chi connectivity index (χ0v) is 83.6. The summed E-state index contributed by atoms with van der Waals surface area (Å²) in [5, 5.41) is 55.7. The maximum absolute atomic E-state index is 4.94. The molecule has 0 aliphatic carbocycles. The van der Waals surface area contributed by atoms with Crippen molar-refractivity contribution < 1.29 is 82.1 Å². The summed E-state index contributed by atoms with van der Waals surface area (Å²) in [6, 6.07) is 127. The van der Waals surface area contributed by atoms with Crippen molar-refractivity contribution in [3.63, 3.8) is 0 Å². The normalized spacial score (nSPS) is 13.2. The molecular weight excluding hydrogens is 2010 g/mol. The summed E-state index contributed by atoms with van der Waals surface area (Å²) in [7, 11) is 0. The van der Waals surface area contributed by atoms with E-state index < -0.39 is 33.1 Å². The summed E-state index contributed by atoms with van der Waals surface area (Å²) in [5.74, 6) is 0. The molecule has 0 atom stereocenters. The Hall–Kier alpha value is -4.23. The van der Waals surface area contributed by atoms with Gasteiger partial charge in [-0.1, -0.05) is 0 Å². The van der Waals surface area contributed by atoms with Crippen molar-refractivity contribution in [1.82, 2.24) is 46.2 Å². The monoisotopic (exact) mass is 2100 g/mol. The van der Waals surface area contributed by atoms with E-state index >= 15 is 0 Å². The van der Waals surface area contributed by atoms with Crippen molar-refractivity contribution in [2.45, 2.75) is 38.5 Å². The zero-order valence-electron chi connectivity index (χ0n) is 63.8. The third-order valence-electron chi connectivity index (χ3n) is 19.1. The van der Waals surface area contributed by atoms with Crippen LogP contribution in [0.4, 0.5) is 0 Å². The van der Waals surface area contributed by atoms with E-state index in [0.29, 0.717) is 0 Å². The first-order valence-electron chi connectivity index (χ1n) is 37.6. The van der Waals surface area contributed by atoms with Gasteiger partial charge in [-0.25, -0.2) is 0 Å². The van der Waals surface area contributed by atoms with Crippen LogP contribution >= 0.6 is 33.1 Å². The molecule has 3 aromatic heterocycles. The quantitative estimate of drug-likeness (QED) is 0.0739. The Labute approximate surface area is 780 Å². The topological polar surface area (TPSA) is 147 Å². The van der Waals surface area contributed by atoms with Crippen LogP contribution in [0.25, 0.3) is 0 Å². The van der Waals surface area contributed by atoms with Crippen molar-refractivity contribution in [1.29, 1.82) is 0 Å². The van der Waals surface area contributed by atoms with Gasteiger partial charge in [0.05, 0.1) is 0 Å². The van der Waals surface area contributed by atoms with Gasteiger partial charge in [0.1, 0.15) is 0 Å². The van der Waals surface area contributed by atoms with Gasteiger partial charge in [-0.05, 0) is 38.5 Å². The van der Waals surface area contributed by atoms with Crippen LogP contribution in [0.2, 0.25) is 0 Å². The summed E-state index contributed by atoms with van der Waals surface area (Å²) in [4.78, 5) is 0. The summed E-state index contributed by atoms with van der Waals surface area (Å²) >= 11 is 21.7. The fourth-order valence-electron chi connectivity index (χ4n) is 13.4. The third-order valence-corrected chi connectivity index (χ3v) is 59.8. The molecule has 584 valence electrons. The van der Waals surface area contributed by atoms with Crippen LogP contribution in [0.1, 0.15) is 38.5 Å². The molecule has 0 amide bonds. The second-order valence-electron chi connectivity index (χ2n) is 26.5. The minimum absolute atomic E-state index is 0. The van der Waals surface area contributed by atoms with Gasteiger partial charge in [-0.3, -0.25) is 0 Å². The van der Waals surface area contributed by atoms with Crippen LogP contribution in [0, 0.1) is 0 Å². The molecule has 3 aliphatic heterocycles. The van der Waals surface area contributed by atoms with Crippen LogP contribution in [0.3, 0.4) is 0 Å². The molecule has 0 bridgehead atoms. The van der Waals surface area contributed by atoms with Crippen molar-refractivity contribution in [2.75, 3.05) is 39.6 Å². The van der Waals surface area contributed by atoms with E-state index in [-0.39, 0.29) is 67.9 Å². The molecule has 18 rings (SSSR count). The Balaban J connectivity index is 0.000000155. The molecule has 116 heavy (non-hydrogen) atoms. The summed E-state index contributed by atoms with van der Waals surface area (Å²) in [6.45, 7) is 6.00. The number of nitrogens with zero attached hydrogens (tertiary/aromatic N) is 9. The number of ether oxygens (including phenoxy) is 3. The molecule has 0 radical (unpaired) electrons. The fraction of sp³-hybridized carbons (Fsp3) is 0.133. The number of hydrogen-bond acceptors (Lipinski definition) is 9. The van der Waals surface area contributed by atoms with E-state index in [0.717, 1.165) is 72.3 Å².